The number of carbonyl (C=O) groups is 1. The van der Waals surface area contributed by atoms with Gasteiger partial charge in [-0.2, -0.15) is 0 Å². The smallest absolute Gasteiger partial charge is 0.249 e. The van der Waals surface area contributed by atoms with E-state index in [1.807, 2.05) is 48.7 Å². The maximum absolute atomic E-state index is 11.8. The molecule has 0 bridgehead atoms. The SMILES string of the molecule is CC1C(=O)NC2=Nc3ccc(OCCCCCCn4ccnc4)cc3CN21. The number of hydrogen-bond donors (Lipinski definition) is 1. The predicted molar refractivity (Wildman–Crippen MR) is 103 cm³/mol. The first kappa shape index (κ1) is 17.6. The number of ether oxygens (including phenoxy) is 1. The summed E-state index contributed by atoms with van der Waals surface area (Å²) in [4.78, 5) is 22.4. The number of fused-ring (bicyclic) bond motifs is 2. The summed E-state index contributed by atoms with van der Waals surface area (Å²) in [6.45, 7) is 4.33. The Morgan fingerprint density at radius 3 is 3.00 bits per heavy atom. The zero-order valence-electron chi connectivity index (χ0n) is 15.6. The highest BCUT2D eigenvalue weighted by atomic mass is 16.5. The van der Waals surface area contributed by atoms with Gasteiger partial charge < -0.3 is 14.2 Å². The van der Waals surface area contributed by atoms with Crippen molar-refractivity contribution in [2.45, 2.75) is 51.7 Å². The van der Waals surface area contributed by atoms with Crippen molar-refractivity contribution in [3.63, 3.8) is 0 Å². The number of aromatic nitrogens is 2. The molecule has 2 aliphatic rings. The van der Waals surface area contributed by atoms with Crippen molar-refractivity contribution < 1.29 is 9.53 Å². The van der Waals surface area contributed by atoms with Gasteiger partial charge in [0.25, 0.3) is 0 Å². The van der Waals surface area contributed by atoms with Crippen LogP contribution in [0.15, 0.2) is 41.9 Å². The van der Waals surface area contributed by atoms with Gasteiger partial charge in [0.2, 0.25) is 11.9 Å². The number of amides is 1. The molecule has 1 N–H and O–H groups in total. The van der Waals surface area contributed by atoms with Crippen molar-refractivity contribution in [2.75, 3.05) is 6.61 Å². The lowest BCUT2D eigenvalue weighted by molar-refractivity contribution is -0.121. The standard InChI is InChI=1S/C20H25N5O2/c1-15-19(26)23-20-22-18-7-6-17(12-16(18)13-25(15)20)27-11-5-3-2-4-9-24-10-8-21-14-24/h6-8,10,12,14-15H,2-5,9,11,13H2,1H3,(H,22,23,26). The fourth-order valence-corrected chi connectivity index (χ4v) is 3.46. The Balaban J connectivity index is 1.22. The number of nitrogens with one attached hydrogen (secondary N) is 1. The topological polar surface area (TPSA) is 71.7 Å². The van der Waals surface area contributed by atoms with Gasteiger partial charge in [0, 0.05) is 31.0 Å². The molecule has 1 unspecified atom stereocenters. The van der Waals surface area contributed by atoms with Crippen LogP contribution in [0.5, 0.6) is 5.75 Å². The van der Waals surface area contributed by atoms with Gasteiger partial charge in [-0.05, 0) is 38.0 Å². The monoisotopic (exact) mass is 367 g/mol. The average molecular weight is 367 g/mol. The van der Waals surface area contributed by atoms with E-state index in [0.29, 0.717) is 12.5 Å². The molecule has 1 atom stereocenters. The molecule has 1 amide bonds. The Kier molecular flexibility index (Phi) is 5.09. The molecule has 2 aromatic rings. The van der Waals surface area contributed by atoms with Crippen molar-refractivity contribution in [1.29, 1.82) is 0 Å². The summed E-state index contributed by atoms with van der Waals surface area (Å²) in [5.74, 6) is 1.53. The number of imidazole rings is 1. The first-order chi connectivity index (χ1) is 13.2. The van der Waals surface area contributed by atoms with Crippen LogP contribution in [-0.4, -0.2) is 39.0 Å². The van der Waals surface area contributed by atoms with E-state index in [-0.39, 0.29) is 11.9 Å². The van der Waals surface area contributed by atoms with E-state index in [0.717, 1.165) is 49.4 Å². The Morgan fingerprint density at radius 1 is 1.26 bits per heavy atom. The molecule has 1 saturated heterocycles. The number of benzene rings is 1. The highest BCUT2D eigenvalue weighted by Gasteiger charge is 2.35. The number of unbranched alkanes of at least 4 members (excludes halogenated alkanes) is 3. The van der Waals surface area contributed by atoms with Crippen LogP contribution >= 0.6 is 0 Å². The normalized spacial score (nSPS) is 18.0. The molecule has 1 aromatic heterocycles. The summed E-state index contributed by atoms with van der Waals surface area (Å²) in [6.07, 6.45) is 10.2. The van der Waals surface area contributed by atoms with Crippen LogP contribution in [0.25, 0.3) is 0 Å². The Morgan fingerprint density at radius 2 is 2.15 bits per heavy atom. The number of rotatable bonds is 8. The summed E-state index contributed by atoms with van der Waals surface area (Å²) >= 11 is 0. The lowest BCUT2D eigenvalue weighted by atomic mass is 10.1. The molecule has 7 heteroatoms. The van der Waals surface area contributed by atoms with Crippen LogP contribution in [-0.2, 0) is 17.9 Å². The van der Waals surface area contributed by atoms with Gasteiger partial charge in [0.05, 0.1) is 18.6 Å². The van der Waals surface area contributed by atoms with Gasteiger partial charge in [-0.3, -0.25) is 10.1 Å². The van der Waals surface area contributed by atoms with Gasteiger partial charge in [-0.1, -0.05) is 12.8 Å². The quantitative estimate of drug-likeness (QED) is 0.728. The third-order valence-electron chi connectivity index (χ3n) is 5.11. The van der Waals surface area contributed by atoms with E-state index in [4.69, 9.17) is 4.74 Å². The summed E-state index contributed by atoms with van der Waals surface area (Å²) in [7, 11) is 0. The molecule has 1 fully saturated rings. The zero-order valence-corrected chi connectivity index (χ0v) is 15.6. The van der Waals surface area contributed by atoms with Gasteiger partial charge in [0.15, 0.2) is 0 Å². The van der Waals surface area contributed by atoms with E-state index >= 15 is 0 Å². The van der Waals surface area contributed by atoms with Crippen LogP contribution < -0.4 is 10.1 Å². The van der Waals surface area contributed by atoms with E-state index in [1.165, 1.54) is 6.42 Å². The fourth-order valence-electron chi connectivity index (χ4n) is 3.46. The largest absolute Gasteiger partial charge is 0.494 e. The molecule has 4 rings (SSSR count). The summed E-state index contributed by atoms with van der Waals surface area (Å²) in [5, 5.41) is 2.83. The summed E-state index contributed by atoms with van der Waals surface area (Å²) < 4.78 is 8.03. The van der Waals surface area contributed by atoms with Crippen molar-refractivity contribution in [1.82, 2.24) is 19.8 Å². The second kappa shape index (κ2) is 7.82. The number of aryl methyl sites for hydroxylation is 1. The minimum absolute atomic E-state index is 0.00562. The number of nitrogens with zero attached hydrogens (tertiary/aromatic N) is 4. The van der Waals surface area contributed by atoms with Crippen molar-refractivity contribution in [3.8, 4) is 5.75 Å². The Hall–Kier alpha value is -2.83. The van der Waals surface area contributed by atoms with Crippen LogP contribution in [0.2, 0.25) is 0 Å². The van der Waals surface area contributed by atoms with Gasteiger partial charge in [0.1, 0.15) is 11.8 Å². The van der Waals surface area contributed by atoms with Crippen molar-refractivity contribution >= 4 is 17.6 Å². The zero-order chi connectivity index (χ0) is 18.6. The number of hydrogen-bond acceptors (Lipinski definition) is 5. The third-order valence-corrected chi connectivity index (χ3v) is 5.11. The maximum atomic E-state index is 11.8. The van der Waals surface area contributed by atoms with Crippen LogP contribution in [0.1, 0.15) is 38.2 Å². The van der Waals surface area contributed by atoms with E-state index < -0.39 is 0 Å². The predicted octanol–water partition coefficient (Wildman–Crippen LogP) is 2.84. The second-order valence-electron chi connectivity index (χ2n) is 7.08. The van der Waals surface area contributed by atoms with Gasteiger partial charge in [-0.15, -0.1) is 0 Å². The van der Waals surface area contributed by atoms with Gasteiger partial charge in [-0.25, -0.2) is 9.98 Å². The first-order valence-corrected chi connectivity index (χ1v) is 9.58. The van der Waals surface area contributed by atoms with Crippen molar-refractivity contribution in [2.24, 2.45) is 4.99 Å². The number of aliphatic imine (C=N–C) groups is 1. The average Bonchev–Trinajstić information content (AvgIpc) is 3.28. The number of carbonyl (C=O) groups excluding carboxylic acids is 1. The van der Waals surface area contributed by atoms with E-state index in [9.17, 15) is 4.79 Å². The molecule has 2 aliphatic heterocycles. The van der Waals surface area contributed by atoms with Crippen molar-refractivity contribution in [3.05, 3.63) is 42.5 Å². The molecule has 142 valence electrons. The molecular formula is C20H25N5O2. The maximum Gasteiger partial charge on any atom is 0.249 e. The molecule has 3 heterocycles. The molecule has 1 aromatic carbocycles. The molecule has 0 saturated carbocycles. The van der Waals surface area contributed by atoms with Gasteiger partial charge >= 0.3 is 0 Å². The Bertz CT molecular complexity index is 831. The minimum atomic E-state index is -0.177. The molecular weight excluding hydrogens is 342 g/mol. The summed E-state index contributed by atoms with van der Waals surface area (Å²) in [5.41, 5.74) is 2.00. The molecule has 0 spiro atoms. The van der Waals surface area contributed by atoms with E-state index in [2.05, 4.69) is 19.9 Å². The van der Waals surface area contributed by atoms with Crippen LogP contribution in [0, 0.1) is 0 Å². The lowest BCUT2D eigenvalue weighted by Gasteiger charge is -2.26. The Labute approximate surface area is 159 Å². The highest BCUT2D eigenvalue weighted by molar-refractivity contribution is 6.07. The minimum Gasteiger partial charge on any atom is -0.494 e. The number of guanidine groups is 1. The molecule has 0 radical (unpaired) electrons. The molecule has 0 aliphatic carbocycles. The van der Waals surface area contributed by atoms with Crippen LogP contribution in [0.4, 0.5) is 5.69 Å². The molecule has 7 nitrogen and oxygen atoms in total. The highest BCUT2D eigenvalue weighted by Crippen LogP contribution is 2.31. The third kappa shape index (κ3) is 3.97. The van der Waals surface area contributed by atoms with E-state index in [1.54, 1.807) is 0 Å². The molecule has 27 heavy (non-hydrogen) atoms. The fraction of sp³-hybridized carbons (Fsp3) is 0.450. The lowest BCUT2D eigenvalue weighted by Crippen LogP contribution is -2.35. The summed E-state index contributed by atoms with van der Waals surface area (Å²) in [6, 6.07) is 5.79. The second-order valence-corrected chi connectivity index (χ2v) is 7.08. The van der Waals surface area contributed by atoms with Crippen LogP contribution in [0.3, 0.4) is 0 Å². The first-order valence-electron chi connectivity index (χ1n) is 9.58.